The van der Waals surface area contributed by atoms with Crippen molar-refractivity contribution in [3.05, 3.63) is 57.9 Å². The van der Waals surface area contributed by atoms with E-state index in [-0.39, 0.29) is 17.1 Å². The lowest BCUT2D eigenvalue weighted by atomic mass is 9.77. The molecule has 0 radical (unpaired) electrons. The number of aromatic nitrogens is 1. The number of Topliss-reactive ketones (excluding diaryl/α,β-unsaturated/α-hetero) is 1. The zero-order chi connectivity index (χ0) is 19.2. The van der Waals surface area contributed by atoms with E-state index in [4.69, 9.17) is 5.11 Å². The third-order valence-corrected chi connectivity index (χ3v) is 5.55. The average Bonchev–Trinajstić information content (AvgIpc) is 2.87. The summed E-state index contributed by atoms with van der Waals surface area (Å²) >= 11 is 0. The topological polar surface area (TPSA) is 62.5 Å². The van der Waals surface area contributed by atoms with Crippen LogP contribution >= 0.6 is 0 Å². The molecule has 138 valence electrons. The molecule has 5 heteroatoms. The first kappa shape index (κ1) is 18.4. The van der Waals surface area contributed by atoms with E-state index in [0.717, 1.165) is 22.4 Å². The quantitative estimate of drug-likeness (QED) is 0.862. The van der Waals surface area contributed by atoms with Crippen LogP contribution in [0.3, 0.4) is 0 Å². The molecule has 2 heterocycles. The summed E-state index contributed by atoms with van der Waals surface area (Å²) in [5.74, 6) is -0.255. The van der Waals surface area contributed by atoms with Crippen molar-refractivity contribution in [3.63, 3.8) is 0 Å². The molecule has 0 unspecified atom stereocenters. The van der Waals surface area contributed by atoms with Crippen LogP contribution in [0.1, 0.15) is 57.1 Å². The van der Waals surface area contributed by atoms with Gasteiger partial charge in [0, 0.05) is 36.8 Å². The molecule has 1 N–H and O–H groups in total. The minimum atomic E-state index is -0.490. The molecule has 26 heavy (non-hydrogen) atoms. The standard InChI is InChI=1S/C21H26N2O3/c1-13-8-18(22(5)14(13)2)20(26)23-10-16-7-6-15(19(25)11-24)9-17(16)21(3,4)12-23/h6-9,24H,10-12H2,1-5H3. The van der Waals surface area contributed by atoms with Crippen molar-refractivity contribution in [1.82, 2.24) is 9.47 Å². The zero-order valence-corrected chi connectivity index (χ0v) is 16.1. The van der Waals surface area contributed by atoms with Crippen LogP contribution < -0.4 is 0 Å². The smallest absolute Gasteiger partial charge is 0.270 e. The SMILES string of the molecule is Cc1cc(C(=O)N2Cc3ccc(C(=O)CO)cc3C(C)(C)C2)n(C)c1C. The van der Waals surface area contributed by atoms with Crippen molar-refractivity contribution in [2.45, 2.75) is 39.7 Å². The van der Waals surface area contributed by atoms with Gasteiger partial charge in [0.25, 0.3) is 5.91 Å². The third-order valence-electron chi connectivity index (χ3n) is 5.55. The van der Waals surface area contributed by atoms with Crippen molar-refractivity contribution in [1.29, 1.82) is 0 Å². The lowest BCUT2D eigenvalue weighted by Gasteiger charge is -2.40. The minimum absolute atomic E-state index is 0.0259. The molecule has 3 rings (SSSR count). The van der Waals surface area contributed by atoms with Crippen LogP contribution in [0.4, 0.5) is 0 Å². The van der Waals surface area contributed by atoms with Gasteiger partial charge in [-0.05, 0) is 42.7 Å². The summed E-state index contributed by atoms with van der Waals surface area (Å²) in [4.78, 5) is 26.8. The molecule has 2 aromatic rings. The highest BCUT2D eigenvalue weighted by atomic mass is 16.3. The largest absolute Gasteiger partial charge is 0.388 e. The van der Waals surface area contributed by atoms with Gasteiger partial charge in [0.05, 0.1) is 0 Å². The molecule has 1 amide bonds. The number of carbonyl (C=O) groups is 2. The first-order valence-electron chi connectivity index (χ1n) is 8.85. The molecule has 1 aromatic heterocycles. The number of fused-ring (bicyclic) bond motifs is 1. The molecule has 1 aromatic carbocycles. The predicted octanol–water partition coefficient (Wildman–Crippen LogP) is 2.75. The molecule has 0 saturated heterocycles. The molecule has 0 atom stereocenters. The van der Waals surface area contributed by atoms with Crippen LogP contribution in [0.25, 0.3) is 0 Å². The maximum atomic E-state index is 13.1. The first-order chi connectivity index (χ1) is 12.2. The van der Waals surface area contributed by atoms with Gasteiger partial charge >= 0.3 is 0 Å². The van der Waals surface area contributed by atoms with Gasteiger partial charge in [-0.25, -0.2) is 0 Å². The lowest BCUT2D eigenvalue weighted by Crippen LogP contribution is -2.45. The summed E-state index contributed by atoms with van der Waals surface area (Å²) in [5, 5.41) is 9.11. The number of aliphatic hydroxyl groups is 1. The average molecular weight is 354 g/mol. The molecular weight excluding hydrogens is 328 g/mol. The molecular formula is C21H26N2O3. The molecule has 0 aliphatic carbocycles. The van der Waals surface area contributed by atoms with E-state index in [1.54, 1.807) is 6.07 Å². The van der Waals surface area contributed by atoms with Gasteiger partial charge in [0.2, 0.25) is 0 Å². The number of rotatable bonds is 3. The highest BCUT2D eigenvalue weighted by Gasteiger charge is 2.35. The Bertz CT molecular complexity index is 893. The van der Waals surface area contributed by atoms with Gasteiger partial charge < -0.3 is 14.6 Å². The molecule has 1 aliphatic heterocycles. The molecule has 0 fully saturated rings. The number of nitrogens with zero attached hydrogens (tertiary/aromatic N) is 2. The second-order valence-corrected chi connectivity index (χ2v) is 7.86. The van der Waals surface area contributed by atoms with Crippen LogP contribution in [0.15, 0.2) is 24.3 Å². The number of hydrogen-bond donors (Lipinski definition) is 1. The van der Waals surface area contributed by atoms with E-state index < -0.39 is 6.61 Å². The Labute approximate surface area is 154 Å². The van der Waals surface area contributed by atoms with Crippen molar-refractivity contribution >= 4 is 11.7 Å². The Morgan fingerprint density at radius 3 is 2.46 bits per heavy atom. The van der Waals surface area contributed by atoms with Crippen molar-refractivity contribution in [2.75, 3.05) is 13.2 Å². The molecule has 0 bridgehead atoms. The van der Waals surface area contributed by atoms with Crippen molar-refractivity contribution in [3.8, 4) is 0 Å². The third kappa shape index (κ3) is 2.97. The summed E-state index contributed by atoms with van der Waals surface area (Å²) in [6.45, 7) is 8.81. The molecule has 0 spiro atoms. The van der Waals surface area contributed by atoms with E-state index in [0.29, 0.717) is 24.3 Å². The Kier molecular flexibility index (Phi) is 4.53. The monoisotopic (exact) mass is 354 g/mol. The maximum absolute atomic E-state index is 13.1. The van der Waals surface area contributed by atoms with Crippen LogP contribution in [0.5, 0.6) is 0 Å². The number of amides is 1. The fourth-order valence-electron chi connectivity index (χ4n) is 3.80. The zero-order valence-electron chi connectivity index (χ0n) is 16.1. The normalized spacial score (nSPS) is 15.7. The number of ketones is 1. The fourth-order valence-corrected chi connectivity index (χ4v) is 3.80. The summed E-state index contributed by atoms with van der Waals surface area (Å²) in [6.07, 6.45) is 0. The molecule has 0 saturated carbocycles. The Morgan fingerprint density at radius 1 is 1.19 bits per heavy atom. The maximum Gasteiger partial charge on any atom is 0.270 e. The van der Waals surface area contributed by atoms with E-state index in [1.165, 1.54) is 0 Å². The number of aliphatic hydroxyl groups excluding tert-OH is 1. The van der Waals surface area contributed by atoms with Crippen molar-refractivity contribution in [2.24, 2.45) is 7.05 Å². The number of carbonyl (C=O) groups excluding carboxylic acids is 2. The number of hydrogen-bond acceptors (Lipinski definition) is 3. The van der Waals surface area contributed by atoms with Gasteiger partial charge in [0.1, 0.15) is 12.3 Å². The Morgan fingerprint density at radius 2 is 1.88 bits per heavy atom. The number of benzene rings is 1. The highest BCUT2D eigenvalue weighted by molar-refractivity contribution is 5.97. The Hall–Kier alpha value is -2.40. The first-order valence-corrected chi connectivity index (χ1v) is 8.85. The van der Waals surface area contributed by atoms with E-state index in [9.17, 15) is 9.59 Å². The van der Waals surface area contributed by atoms with Crippen LogP contribution in [0.2, 0.25) is 0 Å². The van der Waals surface area contributed by atoms with Crippen LogP contribution in [0, 0.1) is 13.8 Å². The fraction of sp³-hybridized carbons (Fsp3) is 0.429. The van der Waals surface area contributed by atoms with Gasteiger partial charge in [0.15, 0.2) is 5.78 Å². The highest BCUT2D eigenvalue weighted by Crippen LogP contribution is 2.35. The van der Waals surface area contributed by atoms with E-state index in [1.807, 2.05) is 48.6 Å². The second kappa shape index (κ2) is 6.40. The summed E-state index contributed by atoms with van der Waals surface area (Å²) < 4.78 is 1.95. The van der Waals surface area contributed by atoms with Gasteiger partial charge in [-0.2, -0.15) is 0 Å². The van der Waals surface area contributed by atoms with Gasteiger partial charge in [-0.1, -0.05) is 26.0 Å². The summed E-state index contributed by atoms with van der Waals surface area (Å²) in [5.41, 5.74) is 5.27. The van der Waals surface area contributed by atoms with E-state index in [2.05, 4.69) is 13.8 Å². The molecule has 1 aliphatic rings. The number of aryl methyl sites for hydroxylation is 1. The second-order valence-electron chi connectivity index (χ2n) is 7.86. The van der Waals surface area contributed by atoms with Crippen LogP contribution in [-0.4, -0.2) is 39.4 Å². The minimum Gasteiger partial charge on any atom is -0.388 e. The van der Waals surface area contributed by atoms with Gasteiger partial charge in [-0.3, -0.25) is 9.59 Å². The summed E-state index contributed by atoms with van der Waals surface area (Å²) in [7, 11) is 1.92. The predicted molar refractivity (Wildman–Crippen MR) is 101 cm³/mol. The lowest BCUT2D eigenvalue weighted by molar-refractivity contribution is 0.0675. The molecule has 5 nitrogen and oxygen atoms in total. The summed E-state index contributed by atoms with van der Waals surface area (Å²) in [6, 6.07) is 7.45. The van der Waals surface area contributed by atoms with Gasteiger partial charge in [-0.15, -0.1) is 0 Å². The van der Waals surface area contributed by atoms with E-state index >= 15 is 0 Å². The van der Waals surface area contributed by atoms with Crippen molar-refractivity contribution < 1.29 is 14.7 Å². The Balaban J connectivity index is 1.96. The van der Waals surface area contributed by atoms with Crippen LogP contribution in [-0.2, 0) is 19.0 Å².